The summed E-state index contributed by atoms with van der Waals surface area (Å²) < 4.78 is 0. The second-order valence-electron chi connectivity index (χ2n) is 1.98. The molecule has 0 saturated heterocycles. The summed E-state index contributed by atoms with van der Waals surface area (Å²) in [5.41, 5.74) is 0.321. The first-order valence-corrected chi connectivity index (χ1v) is 5.04. The Morgan fingerprint density at radius 1 is 1.27 bits per heavy atom. The summed E-state index contributed by atoms with van der Waals surface area (Å²) in [5, 5.41) is 17.0. The molecular formula is C11H19NO3. The van der Waals surface area contributed by atoms with Crippen LogP contribution in [0, 0.1) is 0 Å². The number of rotatable bonds is 2. The van der Waals surface area contributed by atoms with E-state index in [2.05, 4.69) is 4.98 Å². The van der Waals surface area contributed by atoms with Crippen LogP contribution in [0.3, 0.4) is 0 Å². The van der Waals surface area contributed by atoms with Gasteiger partial charge in [-0.25, -0.2) is 9.78 Å². The Kier molecular flexibility index (Phi) is 11.4. The van der Waals surface area contributed by atoms with Gasteiger partial charge < -0.3 is 10.2 Å². The first kappa shape index (κ1) is 16.0. The van der Waals surface area contributed by atoms with Gasteiger partial charge >= 0.3 is 5.97 Å². The minimum absolute atomic E-state index is 0.0449. The highest BCUT2D eigenvalue weighted by molar-refractivity contribution is 5.85. The van der Waals surface area contributed by atoms with Gasteiger partial charge in [-0.3, -0.25) is 0 Å². The Labute approximate surface area is 90.6 Å². The van der Waals surface area contributed by atoms with E-state index < -0.39 is 5.97 Å². The molecule has 1 heterocycles. The van der Waals surface area contributed by atoms with Gasteiger partial charge in [0, 0.05) is 0 Å². The molecule has 86 valence electrons. The first-order chi connectivity index (χ1) is 7.24. The molecule has 0 aliphatic heterocycles. The first-order valence-electron chi connectivity index (χ1n) is 5.04. The van der Waals surface area contributed by atoms with Crippen molar-refractivity contribution >= 4 is 5.97 Å². The van der Waals surface area contributed by atoms with E-state index >= 15 is 0 Å². The van der Waals surface area contributed by atoms with Crippen LogP contribution in [0.1, 0.15) is 43.9 Å². The van der Waals surface area contributed by atoms with Gasteiger partial charge in [-0.2, -0.15) is 0 Å². The molecule has 0 spiro atoms. The highest BCUT2D eigenvalue weighted by Crippen LogP contribution is 1.98. The summed E-state index contributed by atoms with van der Waals surface area (Å²) in [6.07, 6.45) is 0. The number of pyridine rings is 1. The van der Waals surface area contributed by atoms with Crippen molar-refractivity contribution in [2.24, 2.45) is 0 Å². The molecule has 0 radical (unpaired) electrons. The molecule has 1 rings (SSSR count). The third kappa shape index (κ3) is 6.62. The zero-order chi connectivity index (χ0) is 12.3. The summed E-state index contributed by atoms with van der Waals surface area (Å²) in [4.78, 5) is 14.0. The normalized spacial score (nSPS) is 7.80. The summed E-state index contributed by atoms with van der Waals surface area (Å²) in [7, 11) is 0. The van der Waals surface area contributed by atoms with E-state index in [1.54, 1.807) is 12.1 Å². The van der Waals surface area contributed by atoms with Crippen LogP contribution < -0.4 is 0 Å². The van der Waals surface area contributed by atoms with Crippen molar-refractivity contribution < 1.29 is 15.0 Å². The topological polar surface area (TPSA) is 70.4 Å². The van der Waals surface area contributed by atoms with Gasteiger partial charge in [-0.1, -0.05) is 33.8 Å². The Bertz CT molecular complexity index is 274. The van der Waals surface area contributed by atoms with Gasteiger partial charge in [0.15, 0.2) is 0 Å². The standard InChI is InChI=1S/C7H7NO3.2C2H6/c9-4-5-2-1-3-6(8-5)7(10)11;2*1-2/h1-3,9H,4H2,(H,10,11);2*1-2H3. The van der Waals surface area contributed by atoms with Gasteiger partial charge in [0.1, 0.15) is 5.69 Å². The molecule has 1 aromatic rings. The number of nitrogens with zero attached hydrogens (tertiary/aromatic N) is 1. The van der Waals surface area contributed by atoms with Crippen molar-refractivity contribution in [3.63, 3.8) is 0 Å². The van der Waals surface area contributed by atoms with Crippen LogP contribution >= 0.6 is 0 Å². The molecule has 0 saturated carbocycles. The van der Waals surface area contributed by atoms with Crippen LogP contribution in [-0.2, 0) is 6.61 Å². The van der Waals surface area contributed by atoms with Crippen molar-refractivity contribution in [2.45, 2.75) is 34.3 Å². The van der Waals surface area contributed by atoms with E-state index in [4.69, 9.17) is 10.2 Å². The molecule has 0 fully saturated rings. The number of hydrogen-bond acceptors (Lipinski definition) is 3. The third-order valence-corrected chi connectivity index (χ3v) is 1.19. The lowest BCUT2D eigenvalue weighted by molar-refractivity contribution is 0.0690. The van der Waals surface area contributed by atoms with Crippen LogP contribution in [-0.4, -0.2) is 21.2 Å². The fourth-order valence-corrected chi connectivity index (χ4v) is 0.687. The molecular weight excluding hydrogens is 194 g/mol. The molecule has 0 atom stereocenters. The van der Waals surface area contributed by atoms with Crippen LogP contribution in [0.5, 0.6) is 0 Å². The molecule has 0 unspecified atom stereocenters. The maximum absolute atomic E-state index is 10.3. The molecule has 15 heavy (non-hydrogen) atoms. The van der Waals surface area contributed by atoms with Crippen LogP contribution in [0.2, 0.25) is 0 Å². The number of carboxylic acid groups (broad SMARTS) is 1. The lowest BCUT2D eigenvalue weighted by Gasteiger charge is -1.95. The zero-order valence-corrected chi connectivity index (χ0v) is 9.69. The molecule has 0 aliphatic rings. The van der Waals surface area contributed by atoms with Crippen LogP contribution in [0.15, 0.2) is 18.2 Å². The number of hydrogen-bond donors (Lipinski definition) is 2. The highest BCUT2D eigenvalue weighted by Gasteiger charge is 2.03. The molecule has 1 aromatic heterocycles. The van der Waals surface area contributed by atoms with Gasteiger partial charge in [0.05, 0.1) is 12.3 Å². The number of carboxylic acids is 1. The third-order valence-electron chi connectivity index (χ3n) is 1.19. The van der Waals surface area contributed by atoms with E-state index in [0.29, 0.717) is 5.69 Å². The van der Waals surface area contributed by atoms with Crippen molar-refractivity contribution in [1.82, 2.24) is 4.98 Å². The zero-order valence-electron chi connectivity index (χ0n) is 9.69. The van der Waals surface area contributed by atoms with Gasteiger partial charge in [-0.15, -0.1) is 0 Å². The fraction of sp³-hybridized carbons (Fsp3) is 0.455. The van der Waals surface area contributed by atoms with Gasteiger partial charge in [0.2, 0.25) is 0 Å². The molecule has 4 nitrogen and oxygen atoms in total. The monoisotopic (exact) mass is 213 g/mol. The highest BCUT2D eigenvalue weighted by atomic mass is 16.4. The minimum atomic E-state index is -1.08. The average molecular weight is 213 g/mol. The average Bonchev–Trinajstić information content (AvgIpc) is 2.34. The predicted octanol–water partition coefficient (Wildman–Crippen LogP) is 2.32. The summed E-state index contributed by atoms with van der Waals surface area (Å²) in [5.74, 6) is -1.08. The molecule has 0 amide bonds. The van der Waals surface area contributed by atoms with E-state index in [0.717, 1.165) is 0 Å². The summed E-state index contributed by atoms with van der Waals surface area (Å²) in [6, 6.07) is 4.48. The Balaban J connectivity index is 0. The maximum Gasteiger partial charge on any atom is 0.354 e. The number of carbonyl (C=O) groups is 1. The van der Waals surface area contributed by atoms with E-state index in [1.165, 1.54) is 6.07 Å². The van der Waals surface area contributed by atoms with Gasteiger partial charge in [-0.05, 0) is 12.1 Å². The number of aromatic nitrogens is 1. The maximum atomic E-state index is 10.3. The molecule has 4 heteroatoms. The summed E-state index contributed by atoms with van der Waals surface area (Å²) >= 11 is 0. The molecule has 0 bridgehead atoms. The largest absolute Gasteiger partial charge is 0.477 e. The number of aliphatic hydroxyl groups excluding tert-OH is 1. The number of aliphatic hydroxyl groups is 1. The van der Waals surface area contributed by atoms with E-state index in [9.17, 15) is 4.79 Å². The second-order valence-corrected chi connectivity index (χ2v) is 1.98. The van der Waals surface area contributed by atoms with E-state index in [-0.39, 0.29) is 12.3 Å². The predicted molar refractivity (Wildman–Crippen MR) is 59.8 cm³/mol. The lowest BCUT2D eigenvalue weighted by Crippen LogP contribution is -2.01. The Hall–Kier alpha value is -1.42. The molecule has 0 aliphatic carbocycles. The minimum Gasteiger partial charge on any atom is -0.477 e. The molecule has 0 aromatic carbocycles. The Morgan fingerprint density at radius 3 is 2.20 bits per heavy atom. The van der Waals surface area contributed by atoms with Crippen LogP contribution in [0.4, 0.5) is 0 Å². The Morgan fingerprint density at radius 2 is 1.80 bits per heavy atom. The van der Waals surface area contributed by atoms with Crippen molar-refractivity contribution in [3.05, 3.63) is 29.6 Å². The van der Waals surface area contributed by atoms with Crippen molar-refractivity contribution in [2.75, 3.05) is 0 Å². The number of aromatic carboxylic acids is 1. The fourth-order valence-electron chi connectivity index (χ4n) is 0.687. The quantitative estimate of drug-likeness (QED) is 0.791. The second kappa shape index (κ2) is 10.7. The van der Waals surface area contributed by atoms with Gasteiger partial charge in [0.25, 0.3) is 0 Å². The van der Waals surface area contributed by atoms with Crippen molar-refractivity contribution in [3.8, 4) is 0 Å². The molecule has 2 N–H and O–H groups in total. The summed E-state index contributed by atoms with van der Waals surface area (Å²) in [6.45, 7) is 7.76. The smallest absolute Gasteiger partial charge is 0.354 e. The SMILES string of the molecule is CC.CC.O=C(O)c1cccc(CO)n1. The lowest BCUT2D eigenvalue weighted by atomic mass is 10.3. The van der Waals surface area contributed by atoms with Crippen LogP contribution in [0.25, 0.3) is 0 Å². The van der Waals surface area contributed by atoms with Crippen molar-refractivity contribution in [1.29, 1.82) is 0 Å². The van der Waals surface area contributed by atoms with E-state index in [1.807, 2.05) is 27.7 Å².